The van der Waals surface area contributed by atoms with Gasteiger partial charge < -0.3 is 4.74 Å². The summed E-state index contributed by atoms with van der Waals surface area (Å²) >= 11 is 0. The molecule has 0 saturated heterocycles. The van der Waals surface area contributed by atoms with Gasteiger partial charge in [0.1, 0.15) is 11.9 Å². The number of nitrogens with zero attached hydrogens (tertiary/aromatic N) is 2. The van der Waals surface area contributed by atoms with Crippen LogP contribution in [0.25, 0.3) is 0 Å². The maximum Gasteiger partial charge on any atom is 0.229 e. The summed E-state index contributed by atoms with van der Waals surface area (Å²) in [5, 5.41) is 0. The van der Waals surface area contributed by atoms with Crippen LogP contribution in [-0.2, 0) is 4.74 Å². The number of fused-ring (bicyclic) bond motifs is 1. The van der Waals surface area contributed by atoms with Gasteiger partial charge in [-0.05, 0) is 18.6 Å². The van der Waals surface area contributed by atoms with Crippen molar-refractivity contribution in [1.29, 1.82) is 0 Å². The molecule has 1 N–H and O–H groups in total. The number of amidine groups is 1. The van der Waals surface area contributed by atoms with Gasteiger partial charge in [0.2, 0.25) is 11.5 Å². The van der Waals surface area contributed by atoms with E-state index in [4.69, 9.17) is 9.73 Å². The summed E-state index contributed by atoms with van der Waals surface area (Å²) in [7, 11) is 3.65. The van der Waals surface area contributed by atoms with Crippen molar-refractivity contribution in [3.8, 4) is 0 Å². The van der Waals surface area contributed by atoms with Gasteiger partial charge in [0.05, 0.1) is 7.11 Å². The molecule has 0 fully saturated rings. The molecule has 92 valence electrons. The van der Waals surface area contributed by atoms with E-state index in [1.807, 2.05) is 26.1 Å². The standard InChI is InChI=1S/C13H20N3O/c1-5-7-11-13-12(17-4)8-6-9-16(13,14-3)10(2)15-11/h6,8-9,14H,5,7H2,1-4H3/q+1. The Kier molecular flexibility index (Phi) is 3.17. The van der Waals surface area contributed by atoms with Crippen molar-refractivity contribution < 1.29 is 9.33 Å². The first-order valence-corrected chi connectivity index (χ1v) is 6.00. The third-order valence-corrected chi connectivity index (χ3v) is 3.28. The number of methoxy groups -OCH3 is 1. The van der Waals surface area contributed by atoms with Crippen LogP contribution < -0.4 is 5.43 Å². The zero-order valence-electron chi connectivity index (χ0n) is 10.9. The molecular formula is C13H20N3O+. The zero-order chi connectivity index (χ0) is 12.5. The summed E-state index contributed by atoms with van der Waals surface area (Å²) in [5.74, 6) is 1.93. The molecule has 0 amide bonds. The Morgan fingerprint density at radius 3 is 2.82 bits per heavy atom. The number of hydrogen-bond acceptors (Lipinski definition) is 3. The molecule has 0 aliphatic carbocycles. The fourth-order valence-electron chi connectivity index (χ4n) is 2.45. The summed E-state index contributed by atoms with van der Waals surface area (Å²) in [5.41, 5.74) is 5.57. The smallest absolute Gasteiger partial charge is 0.229 e. The second-order valence-corrected chi connectivity index (χ2v) is 4.23. The van der Waals surface area contributed by atoms with E-state index in [9.17, 15) is 0 Å². The molecule has 0 bridgehead atoms. The van der Waals surface area contributed by atoms with Gasteiger partial charge in [-0.1, -0.05) is 13.3 Å². The molecule has 2 aliphatic heterocycles. The molecule has 2 rings (SSSR count). The zero-order valence-corrected chi connectivity index (χ0v) is 10.9. The Bertz CT molecular complexity index is 446. The van der Waals surface area contributed by atoms with E-state index in [1.54, 1.807) is 7.11 Å². The predicted octanol–water partition coefficient (Wildman–Crippen LogP) is 2.44. The highest BCUT2D eigenvalue weighted by Crippen LogP contribution is 2.37. The molecule has 4 nitrogen and oxygen atoms in total. The molecule has 1 atom stereocenters. The van der Waals surface area contributed by atoms with Crippen molar-refractivity contribution in [2.75, 3.05) is 14.2 Å². The SMILES string of the molecule is CCCC1=C2C(OC)=CC=C[N+]2(NC)C(C)=N1. The topological polar surface area (TPSA) is 33.6 Å². The third kappa shape index (κ3) is 1.64. The average molecular weight is 234 g/mol. The number of allylic oxidation sites excluding steroid dienone is 3. The minimum Gasteiger partial charge on any atom is -0.491 e. The van der Waals surface area contributed by atoms with E-state index in [-0.39, 0.29) is 0 Å². The first kappa shape index (κ1) is 12.1. The number of ether oxygens (including phenoxy) is 1. The normalized spacial score (nSPS) is 26.8. The Morgan fingerprint density at radius 1 is 1.47 bits per heavy atom. The van der Waals surface area contributed by atoms with E-state index < -0.39 is 0 Å². The molecule has 0 aromatic carbocycles. The molecule has 2 heterocycles. The quantitative estimate of drug-likeness (QED) is 0.758. The van der Waals surface area contributed by atoms with Crippen LogP contribution in [0.15, 0.2) is 40.5 Å². The van der Waals surface area contributed by atoms with Crippen LogP contribution in [0.4, 0.5) is 0 Å². The van der Waals surface area contributed by atoms with Crippen LogP contribution in [0.1, 0.15) is 26.7 Å². The predicted molar refractivity (Wildman–Crippen MR) is 68.6 cm³/mol. The lowest BCUT2D eigenvalue weighted by Crippen LogP contribution is -2.54. The van der Waals surface area contributed by atoms with E-state index in [0.717, 1.165) is 35.8 Å². The first-order chi connectivity index (χ1) is 8.19. The molecule has 0 radical (unpaired) electrons. The molecule has 17 heavy (non-hydrogen) atoms. The summed E-state index contributed by atoms with van der Waals surface area (Å²) < 4.78 is 5.96. The highest BCUT2D eigenvalue weighted by atomic mass is 16.5. The largest absolute Gasteiger partial charge is 0.491 e. The monoisotopic (exact) mass is 234 g/mol. The molecule has 0 spiro atoms. The van der Waals surface area contributed by atoms with Gasteiger partial charge in [-0.25, -0.2) is 0 Å². The number of quaternary nitrogens is 1. The second-order valence-electron chi connectivity index (χ2n) is 4.23. The molecule has 1 unspecified atom stereocenters. The van der Waals surface area contributed by atoms with E-state index in [2.05, 4.69) is 18.5 Å². The van der Waals surface area contributed by atoms with Gasteiger partial charge in [-0.2, -0.15) is 10.4 Å². The lowest BCUT2D eigenvalue weighted by molar-refractivity contribution is -0.792. The van der Waals surface area contributed by atoms with Gasteiger partial charge in [0.25, 0.3) is 0 Å². The molecule has 0 aromatic rings. The molecule has 4 heteroatoms. The minimum absolute atomic E-state index is 0.481. The van der Waals surface area contributed by atoms with Crippen molar-refractivity contribution in [2.24, 2.45) is 4.99 Å². The number of hydrogen-bond donors (Lipinski definition) is 1. The van der Waals surface area contributed by atoms with Crippen molar-refractivity contribution in [2.45, 2.75) is 26.7 Å². The van der Waals surface area contributed by atoms with Crippen LogP contribution in [-0.4, -0.2) is 24.6 Å². The maximum atomic E-state index is 5.48. The summed E-state index contributed by atoms with van der Waals surface area (Å²) in [6.45, 7) is 4.21. The number of rotatable bonds is 4. The highest BCUT2D eigenvalue weighted by Gasteiger charge is 2.45. The van der Waals surface area contributed by atoms with Crippen LogP contribution in [0.5, 0.6) is 0 Å². The van der Waals surface area contributed by atoms with E-state index in [0.29, 0.717) is 4.59 Å². The average Bonchev–Trinajstić information content (AvgIpc) is 2.64. The van der Waals surface area contributed by atoms with E-state index >= 15 is 0 Å². The van der Waals surface area contributed by atoms with Gasteiger partial charge >= 0.3 is 0 Å². The van der Waals surface area contributed by atoms with Crippen LogP contribution in [0.2, 0.25) is 0 Å². The van der Waals surface area contributed by atoms with Gasteiger partial charge in [-0.15, -0.1) is 4.59 Å². The number of aliphatic imine (C=N–C) groups is 1. The Labute approximate surface area is 103 Å². The Balaban J connectivity index is 2.55. The van der Waals surface area contributed by atoms with Crippen molar-refractivity contribution >= 4 is 5.84 Å². The lowest BCUT2D eigenvalue weighted by atomic mass is 10.1. The summed E-state index contributed by atoms with van der Waals surface area (Å²) in [6, 6.07) is 0. The first-order valence-electron chi connectivity index (χ1n) is 6.00. The van der Waals surface area contributed by atoms with E-state index in [1.165, 1.54) is 0 Å². The fraction of sp³-hybridized carbons (Fsp3) is 0.462. The molecular weight excluding hydrogens is 214 g/mol. The van der Waals surface area contributed by atoms with Crippen molar-refractivity contribution in [1.82, 2.24) is 5.43 Å². The molecule has 0 saturated carbocycles. The Morgan fingerprint density at radius 2 is 2.24 bits per heavy atom. The third-order valence-electron chi connectivity index (χ3n) is 3.28. The van der Waals surface area contributed by atoms with Gasteiger partial charge in [0, 0.05) is 14.0 Å². The van der Waals surface area contributed by atoms with Crippen LogP contribution >= 0.6 is 0 Å². The highest BCUT2D eigenvalue weighted by molar-refractivity contribution is 5.79. The fourth-order valence-corrected chi connectivity index (χ4v) is 2.45. The summed E-state index contributed by atoms with van der Waals surface area (Å²) in [6.07, 6.45) is 8.15. The Hall–Kier alpha value is -1.39. The minimum atomic E-state index is 0.481. The maximum absolute atomic E-state index is 5.48. The van der Waals surface area contributed by atoms with Gasteiger partial charge in [0.15, 0.2) is 5.76 Å². The van der Waals surface area contributed by atoms with Crippen molar-refractivity contribution in [3.05, 3.63) is 35.5 Å². The van der Waals surface area contributed by atoms with Crippen LogP contribution in [0, 0.1) is 0 Å². The van der Waals surface area contributed by atoms with Crippen molar-refractivity contribution in [3.63, 3.8) is 0 Å². The molecule has 0 aromatic heterocycles. The second kappa shape index (κ2) is 4.47. The number of nitrogens with one attached hydrogen (secondary N) is 1. The molecule has 2 aliphatic rings. The van der Waals surface area contributed by atoms with Crippen LogP contribution in [0.3, 0.4) is 0 Å². The summed E-state index contributed by atoms with van der Waals surface area (Å²) in [4.78, 5) is 4.70. The van der Waals surface area contributed by atoms with Gasteiger partial charge in [-0.3, -0.25) is 0 Å². The lowest BCUT2D eigenvalue weighted by Gasteiger charge is -2.32.